The van der Waals surface area contributed by atoms with Crippen molar-refractivity contribution in [1.29, 1.82) is 0 Å². The van der Waals surface area contributed by atoms with Gasteiger partial charge < -0.3 is 27.9 Å². The second-order valence-corrected chi connectivity index (χ2v) is 28.4. The molecule has 2 atom stereocenters. The van der Waals surface area contributed by atoms with Crippen LogP contribution < -0.4 is 4.89 Å². The van der Waals surface area contributed by atoms with E-state index < -0.39 is 26.5 Å². The van der Waals surface area contributed by atoms with Gasteiger partial charge in [0.15, 0.2) is 6.10 Å². The second kappa shape index (κ2) is 65.5. The number of phosphoric acid groups is 1. The summed E-state index contributed by atoms with van der Waals surface area (Å²) in [4.78, 5) is 38.0. The highest BCUT2D eigenvalue weighted by Gasteiger charge is 2.22. The van der Waals surface area contributed by atoms with Gasteiger partial charge in [-0.2, -0.15) is 0 Å². The fourth-order valence-electron chi connectivity index (χ4n) is 11.7. The van der Waals surface area contributed by atoms with Gasteiger partial charge in [0.2, 0.25) is 0 Å². The molecular weight excluding hydrogens is 1050 g/mol. The molecule has 0 heterocycles. The monoisotopic (exact) mass is 1200 g/mol. The Morgan fingerprint density at radius 3 is 0.771 bits per heavy atom. The molecule has 2 unspecified atom stereocenters. The number of hydrogen-bond donors (Lipinski definition) is 0. The van der Waals surface area contributed by atoms with Gasteiger partial charge in [-0.25, -0.2) is 0 Å². The lowest BCUT2D eigenvalue weighted by molar-refractivity contribution is -0.870. The molecule has 0 aromatic carbocycles. The van der Waals surface area contributed by atoms with Crippen LogP contribution in [0.25, 0.3) is 0 Å². The van der Waals surface area contributed by atoms with E-state index >= 15 is 0 Å². The molecule has 9 nitrogen and oxygen atoms in total. The summed E-state index contributed by atoms with van der Waals surface area (Å²) >= 11 is 0. The van der Waals surface area contributed by atoms with E-state index in [0.717, 1.165) is 32.1 Å². The summed E-state index contributed by atoms with van der Waals surface area (Å²) in [7, 11) is 1.20. The summed E-state index contributed by atoms with van der Waals surface area (Å²) in [5.74, 6) is -0.804. The van der Waals surface area contributed by atoms with Crippen molar-refractivity contribution in [2.24, 2.45) is 0 Å². The molecule has 0 spiro atoms. The molecule has 496 valence electrons. The molecule has 0 aliphatic heterocycles. The molecule has 0 saturated carbocycles. The van der Waals surface area contributed by atoms with Crippen molar-refractivity contribution in [3.63, 3.8) is 0 Å². The fraction of sp³-hybridized carbons (Fsp3) is 0.973. The van der Waals surface area contributed by atoms with Crippen LogP contribution in [0, 0.1) is 0 Å². The summed E-state index contributed by atoms with van der Waals surface area (Å²) < 4.78 is 34.3. The predicted molar refractivity (Wildman–Crippen MR) is 356 cm³/mol. The number of nitrogens with zero attached hydrogens (tertiary/aromatic N) is 1. The molecule has 83 heavy (non-hydrogen) atoms. The Morgan fingerprint density at radius 2 is 0.542 bits per heavy atom. The van der Waals surface area contributed by atoms with Crippen molar-refractivity contribution in [2.45, 2.75) is 412 Å². The Kier molecular flexibility index (Phi) is 64.7. The number of quaternary nitrogens is 1. The second-order valence-electron chi connectivity index (χ2n) is 27.0. The maximum Gasteiger partial charge on any atom is 0.306 e. The minimum atomic E-state index is -4.63. The lowest BCUT2D eigenvalue weighted by Gasteiger charge is -2.28. The molecule has 0 rings (SSSR count). The van der Waals surface area contributed by atoms with Crippen molar-refractivity contribution in [1.82, 2.24) is 0 Å². The summed E-state index contributed by atoms with van der Waals surface area (Å²) in [5, 5.41) is 0. The maximum atomic E-state index is 12.9. The average Bonchev–Trinajstić information content (AvgIpc) is 3.48. The van der Waals surface area contributed by atoms with Crippen molar-refractivity contribution >= 4 is 19.8 Å². The van der Waals surface area contributed by atoms with Crippen LogP contribution >= 0.6 is 7.82 Å². The van der Waals surface area contributed by atoms with E-state index in [4.69, 9.17) is 18.5 Å². The minimum Gasteiger partial charge on any atom is -0.756 e. The Hall–Kier alpha value is -0.990. The van der Waals surface area contributed by atoms with Gasteiger partial charge in [-0.05, 0) is 12.8 Å². The molecule has 0 fully saturated rings. The molecule has 0 aliphatic carbocycles. The number of esters is 2. The van der Waals surface area contributed by atoms with Gasteiger partial charge in [0, 0.05) is 12.8 Å². The number of hydrogen-bond acceptors (Lipinski definition) is 8. The number of carbonyl (C=O) groups excluding carboxylic acids is 2. The lowest BCUT2D eigenvalue weighted by atomic mass is 10.0. The van der Waals surface area contributed by atoms with E-state index in [2.05, 4.69) is 13.8 Å². The van der Waals surface area contributed by atoms with Gasteiger partial charge in [0.05, 0.1) is 27.7 Å². The quantitative estimate of drug-likeness (QED) is 0.0256. The van der Waals surface area contributed by atoms with E-state index in [0.29, 0.717) is 17.4 Å². The van der Waals surface area contributed by atoms with Gasteiger partial charge in [-0.3, -0.25) is 14.2 Å². The van der Waals surface area contributed by atoms with Crippen LogP contribution in [0.2, 0.25) is 0 Å². The first-order valence-electron chi connectivity index (χ1n) is 37.2. The molecule has 0 amide bonds. The van der Waals surface area contributed by atoms with Gasteiger partial charge in [0.25, 0.3) is 7.82 Å². The van der Waals surface area contributed by atoms with Crippen LogP contribution in [-0.4, -0.2) is 70.0 Å². The molecule has 0 aromatic rings. The minimum absolute atomic E-state index is 0.0248. The van der Waals surface area contributed by atoms with E-state index in [1.165, 1.54) is 340 Å². The smallest absolute Gasteiger partial charge is 0.306 e. The van der Waals surface area contributed by atoms with Crippen LogP contribution in [0.3, 0.4) is 0 Å². The van der Waals surface area contributed by atoms with Gasteiger partial charge >= 0.3 is 11.9 Å². The number of likely N-dealkylation sites (N-methyl/N-ethyl adjacent to an activating group) is 1. The van der Waals surface area contributed by atoms with Gasteiger partial charge in [-0.15, -0.1) is 0 Å². The van der Waals surface area contributed by atoms with Crippen LogP contribution in [0.1, 0.15) is 406 Å². The molecule has 0 aliphatic rings. The summed E-state index contributed by atoms with van der Waals surface area (Å²) in [6, 6.07) is 0. The zero-order valence-corrected chi connectivity index (χ0v) is 57.6. The van der Waals surface area contributed by atoms with E-state index in [1.54, 1.807) is 0 Å². The molecule has 0 aromatic heterocycles. The molecule has 10 heteroatoms. The number of rotatable bonds is 71. The largest absolute Gasteiger partial charge is 0.756 e. The summed E-state index contributed by atoms with van der Waals surface area (Å²) in [5.41, 5.74) is 0. The number of phosphoric ester groups is 1. The molecular formula is C73H146NO8P. The first-order valence-corrected chi connectivity index (χ1v) is 38.7. The van der Waals surface area contributed by atoms with Crippen molar-refractivity contribution in [3.05, 3.63) is 0 Å². The zero-order valence-electron chi connectivity index (χ0n) is 56.7. The SMILES string of the molecule is CCCCCCCCCCCCCCCCCCCCCCCCCCCCCCCCCCCCCCCCCCC(=O)OC(COC(=O)CCCCCCCCCCCCCCCCCCCCC)COP(=O)([O-])OCC[N+](C)(C)C. The Labute approximate surface area is 518 Å². The van der Waals surface area contributed by atoms with Crippen LogP contribution in [0.15, 0.2) is 0 Å². The highest BCUT2D eigenvalue weighted by atomic mass is 31.2. The third-order valence-corrected chi connectivity index (χ3v) is 18.3. The average molecular weight is 1200 g/mol. The topological polar surface area (TPSA) is 111 Å². The summed E-state index contributed by atoms with van der Waals surface area (Å²) in [6.45, 7) is 4.33. The number of ether oxygens (including phenoxy) is 2. The van der Waals surface area contributed by atoms with E-state index in [1.807, 2.05) is 21.1 Å². The van der Waals surface area contributed by atoms with Gasteiger partial charge in [0.1, 0.15) is 19.8 Å². The highest BCUT2D eigenvalue weighted by Crippen LogP contribution is 2.38. The molecule has 0 bridgehead atoms. The third kappa shape index (κ3) is 70.0. The zero-order chi connectivity index (χ0) is 60.5. The first-order chi connectivity index (χ1) is 40.5. The molecule has 0 saturated heterocycles. The van der Waals surface area contributed by atoms with Crippen molar-refractivity contribution < 1.29 is 42.1 Å². The molecule has 0 N–H and O–H groups in total. The lowest BCUT2D eigenvalue weighted by Crippen LogP contribution is -2.37. The Balaban J connectivity index is 3.84. The normalized spacial score (nSPS) is 13.0. The van der Waals surface area contributed by atoms with Crippen LogP contribution in [0.5, 0.6) is 0 Å². The Bertz CT molecular complexity index is 1360. The summed E-state index contributed by atoms with van der Waals surface area (Å²) in [6.07, 6.45) is 79.4. The maximum absolute atomic E-state index is 12.9. The predicted octanol–water partition coefficient (Wildman–Crippen LogP) is 23.5. The number of unbranched alkanes of at least 4 members (excludes halogenated alkanes) is 57. The van der Waals surface area contributed by atoms with Crippen LogP contribution in [-0.2, 0) is 32.7 Å². The van der Waals surface area contributed by atoms with Crippen LogP contribution in [0.4, 0.5) is 0 Å². The van der Waals surface area contributed by atoms with Crippen molar-refractivity contribution in [2.75, 3.05) is 47.5 Å². The fourth-order valence-corrected chi connectivity index (χ4v) is 12.4. The standard InChI is InChI=1S/C73H146NO8P/c1-6-8-10-12-14-16-18-20-22-24-26-27-28-29-30-31-32-33-34-35-36-37-38-39-40-41-42-43-44-45-46-48-50-52-54-56-58-60-62-64-66-73(76)82-71(70-81-83(77,78)80-68-67-74(3,4)5)69-79-72(75)65-63-61-59-57-55-53-51-49-47-25-23-21-19-17-15-13-11-9-7-2/h71H,6-70H2,1-5H3. The third-order valence-electron chi connectivity index (χ3n) is 17.4. The van der Waals surface area contributed by atoms with E-state index in [9.17, 15) is 19.0 Å². The first kappa shape index (κ1) is 82.0. The van der Waals surface area contributed by atoms with Crippen molar-refractivity contribution in [3.8, 4) is 0 Å². The highest BCUT2D eigenvalue weighted by molar-refractivity contribution is 7.45. The van der Waals surface area contributed by atoms with E-state index in [-0.39, 0.29) is 32.0 Å². The Morgan fingerprint density at radius 1 is 0.325 bits per heavy atom. The molecule has 0 radical (unpaired) electrons. The van der Waals surface area contributed by atoms with Gasteiger partial charge in [-0.1, -0.05) is 380 Å². The number of carbonyl (C=O) groups is 2.